The van der Waals surface area contributed by atoms with Gasteiger partial charge in [0.15, 0.2) is 5.58 Å². The van der Waals surface area contributed by atoms with E-state index in [0.717, 1.165) is 11.9 Å². The lowest BCUT2D eigenvalue weighted by Gasteiger charge is -2.19. The number of benzene rings is 2. The molecule has 2 amide bonds. The van der Waals surface area contributed by atoms with Gasteiger partial charge in [-0.25, -0.2) is 4.98 Å². The van der Waals surface area contributed by atoms with Crippen LogP contribution < -0.4 is 21.7 Å². The molecule has 0 radical (unpaired) electrons. The van der Waals surface area contributed by atoms with Gasteiger partial charge in [0.1, 0.15) is 11.6 Å². The number of aryl methyl sites for hydroxylation is 1. The second-order valence-corrected chi connectivity index (χ2v) is 7.77. The first-order chi connectivity index (χ1) is 15.1. The largest absolute Gasteiger partial charge is 0.438 e. The highest BCUT2D eigenvalue weighted by molar-refractivity contribution is 5.83. The highest BCUT2D eigenvalue weighted by atomic mass is 16.3. The fourth-order valence-corrected chi connectivity index (χ4v) is 3.86. The monoisotopic (exact) mass is 421 g/mol. The molecule has 1 fully saturated rings. The number of nitrogens with two attached hydrogens (primary N) is 1. The quantitative estimate of drug-likeness (QED) is 0.436. The van der Waals surface area contributed by atoms with E-state index >= 15 is 0 Å². The van der Waals surface area contributed by atoms with E-state index in [4.69, 9.17) is 10.2 Å². The molecule has 1 aromatic heterocycles. The third-order valence-corrected chi connectivity index (χ3v) is 5.49. The van der Waals surface area contributed by atoms with Crippen molar-refractivity contribution in [2.24, 2.45) is 5.73 Å². The van der Waals surface area contributed by atoms with Crippen LogP contribution in [0.25, 0.3) is 11.1 Å². The molecule has 0 unspecified atom stereocenters. The number of nitrogens with zero attached hydrogens (tertiary/aromatic N) is 1. The third-order valence-electron chi connectivity index (χ3n) is 5.49. The van der Waals surface area contributed by atoms with Crippen LogP contribution in [0.15, 0.2) is 59.0 Å². The summed E-state index contributed by atoms with van der Waals surface area (Å²) in [4.78, 5) is 29.1. The van der Waals surface area contributed by atoms with Crippen molar-refractivity contribution < 1.29 is 14.0 Å². The van der Waals surface area contributed by atoms with E-state index in [-0.39, 0.29) is 30.4 Å². The number of aromatic nitrogens is 1. The van der Waals surface area contributed by atoms with Gasteiger partial charge >= 0.3 is 0 Å². The van der Waals surface area contributed by atoms with Gasteiger partial charge in [-0.1, -0.05) is 42.5 Å². The molecule has 8 nitrogen and oxygen atoms in total. The minimum absolute atomic E-state index is 0.0629. The van der Waals surface area contributed by atoms with Crippen LogP contribution >= 0.6 is 0 Å². The predicted octanol–water partition coefficient (Wildman–Crippen LogP) is 1.42. The van der Waals surface area contributed by atoms with Crippen LogP contribution in [0.4, 0.5) is 0 Å². The van der Waals surface area contributed by atoms with E-state index in [1.165, 1.54) is 5.56 Å². The fraction of sp³-hybridized carbons (Fsp3) is 0.348. The zero-order valence-corrected chi connectivity index (χ0v) is 17.2. The molecule has 0 spiro atoms. The first-order valence-electron chi connectivity index (χ1n) is 10.5. The molecule has 31 heavy (non-hydrogen) atoms. The van der Waals surface area contributed by atoms with Gasteiger partial charge in [0.05, 0.1) is 12.6 Å². The van der Waals surface area contributed by atoms with Crippen molar-refractivity contribution in [1.82, 2.24) is 20.9 Å². The van der Waals surface area contributed by atoms with Crippen molar-refractivity contribution >= 4 is 22.9 Å². The minimum Gasteiger partial charge on any atom is -0.438 e. The molecule has 1 aliphatic heterocycles. The van der Waals surface area contributed by atoms with E-state index in [1.54, 1.807) is 0 Å². The lowest BCUT2D eigenvalue weighted by molar-refractivity contribution is -0.124. The summed E-state index contributed by atoms with van der Waals surface area (Å²) in [7, 11) is 0. The predicted molar refractivity (Wildman–Crippen MR) is 117 cm³/mol. The van der Waals surface area contributed by atoms with E-state index in [9.17, 15) is 9.59 Å². The number of fused-ring (bicyclic) bond motifs is 1. The Labute approximate surface area is 180 Å². The van der Waals surface area contributed by atoms with Gasteiger partial charge in [-0.3, -0.25) is 9.59 Å². The van der Waals surface area contributed by atoms with Crippen LogP contribution in [0.1, 0.15) is 30.3 Å². The van der Waals surface area contributed by atoms with Gasteiger partial charge in [0.25, 0.3) is 0 Å². The van der Waals surface area contributed by atoms with Crippen molar-refractivity contribution in [3.8, 4) is 0 Å². The highest BCUT2D eigenvalue weighted by Gasteiger charge is 2.32. The van der Waals surface area contributed by atoms with Gasteiger partial charge < -0.3 is 26.1 Å². The van der Waals surface area contributed by atoms with Crippen LogP contribution in [-0.2, 0) is 16.0 Å². The Morgan fingerprint density at radius 3 is 2.71 bits per heavy atom. The summed E-state index contributed by atoms with van der Waals surface area (Å²) >= 11 is 0. The first kappa shape index (κ1) is 21.0. The number of carbonyl (C=O) groups is 2. The number of amides is 2. The SMILES string of the molecule is NCC(=O)N[C@H]1CN[C@H](C(=O)N[C@@H](CCc2ccccc2)c2nc3ccccc3o2)C1. The average molecular weight is 422 g/mol. The number of para-hydroxylation sites is 2. The molecule has 1 saturated heterocycles. The molecular formula is C23H27N5O3. The number of carbonyl (C=O) groups excluding carboxylic acids is 2. The number of hydrogen-bond donors (Lipinski definition) is 4. The van der Waals surface area contributed by atoms with Gasteiger partial charge in [-0.2, -0.15) is 0 Å². The van der Waals surface area contributed by atoms with Gasteiger partial charge in [0, 0.05) is 12.6 Å². The Balaban J connectivity index is 1.46. The Morgan fingerprint density at radius 1 is 1.16 bits per heavy atom. The highest BCUT2D eigenvalue weighted by Crippen LogP contribution is 2.24. The average Bonchev–Trinajstić information content (AvgIpc) is 3.44. The van der Waals surface area contributed by atoms with Crippen LogP contribution in [0.3, 0.4) is 0 Å². The maximum Gasteiger partial charge on any atom is 0.237 e. The van der Waals surface area contributed by atoms with Gasteiger partial charge in [-0.05, 0) is 37.0 Å². The summed E-state index contributed by atoms with van der Waals surface area (Å²) in [5.41, 5.74) is 8.00. The summed E-state index contributed by atoms with van der Waals surface area (Å²) < 4.78 is 5.95. The molecule has 0 saturated carbocycles. The Hall–Kier alpha value is -3.23. The van der Waals surface area contributed by atoms with Gasteiger partial charge in [-0.15, -0.1) is 0 Å². The topological polar surface area (TPSA) is 122 Å². The summed E-state index contributed by atoms with van der Waals surface area (Å²) in [5, 5.41) is 9.10. The first-order valence-corrected chi connectivity index (χ1v) is 10.5. The molecule has 3 atom stereocenters. The van der Waals surface area contributed by atoms with Crippen molar-refractivity contribution in [3.63, 3.8) is 0 Å². The van der Waals surface area contributed by atoms with Crippen molar-refractivity contribution in [2.75, 3.05) is 13.1 Å². The maximum absolute atomic E-state index is 13.0. The summed E-state index contributed by atoms with van der Waals surface area (Å²) in [6.45, 7) is 0.466. The molecule has 3 aromatic rings. The number of hydrogen-bond acceptors (Lipinski definition) is 6. The molecular weight excluding hydrogens is 394 g/mol. The summed E-state index contributed by atoms with van der Waals surface area (Å²) in [6, 6.07) is 16.8. The smallest absolute Gasteiger partial charge is 0.237 e. The molecule has 162 valence electrons. The third kappa shape index (κ3) is 5.28. The number of oxazole rings is 1. The molecule has 2 aromatic carbocycles. The van der Waals surface area contributed by atoms with Crippen LogP contribution in [0, 0.1) is 0 Å². The molecule has 0 aliphatic carbocycles. The minimum atomic E-state index is -0.397. The molecule has 0 bridgehead atoms. The normalized spacial score (nSPS) is 19.3. The standard InChI is InChI=1S/C23H27N5O3/c24-13-21(29)26-16-12-19(25-14-16)22(30)27-18(11-10-15-6-2-1-3-7-15)23-28-17-8-4-5-9-20(17)31-23/h1-9,16,18-19,25H,10-14,24H2,(H,26,29)(H,27,30)/t16-,18+,19+/m1/s1. The molecule has 8 heteroatoms. The van der Waals surface area contributed by atoms with Crippen molar-refractivity contribution in [2.45, 2.75) is 37.4 Å². The van der Waals surface area contributed by atoms with Gasteiger partial charge in [0.2, 0.25) is 17.7 Å². The Bertz CT molecular complexity index is 1000. The van der Waals surface area contributed by atoms with Crippen LogP contribution in [-0.4, -0.2) is 42.0 Å². The molecule has 2 heterocycles. The molecule has 5 N–H and O–H groups in total. The zero-order chi connectivity index (χ0) is 21.6. The zero-order valence-electron chi connectivity index (χ0n) is 17.2. The summed E-state index contributed by atoms with van der Waals surface area (Å²) in [6.07, 6.45) is 1.94. The van der Waals surface area contributed by atoms with Crippen molar-refractivity contribution in [3.05, 3.63) is 66.1 Å². The summed E-state index contributed by atoms with van der Waals surface area (Å²) in [5.74, 6) is 0.140. The van der Waals surface area contributed by atoms with Crippen molar-refractivity contribution in [1.29, 1.82) is 0 Å². The molecule has 1 aliphatic rings. The lowest BCUT2D eigenvalue weighted by Crippen LogP contribution is -2.42. The number of rotatable bonds is 8. The Morgan fingerprint density at radius 2 is 1.94 bits per heavy atom. The Kier molecular flexibility index (Phi) is 6.59. The van der Waals surface area contributed by atoms with Crippen LogP contribution in [0.2, 0.25) is 0 Å². The van der Waals surface area contributed by atoms with E-state index in [2.05, 4.69) is 33.1 Å². The molecule has 4 rings (SSSR count). The van der Waals surface area contributed by atoms with E-state index < -0.39 is 6.04 Å². The van der Waals surface area contributed by atoms with E-state index in [0.29, 0.717) is 30.9 Å². The second kappa shape index (κ2) is 9.72. The number of nitrogens with one attached hydrogen (secondary N) is 3. The fourth-order valence-electron chi connectivity index (χ4n) is 3.86. The van der Waals surface area contributed by atoms with Crippen LogP contribution in [0.5, 0.6) is 0 Å². The van der Waals surface area contributed by atoms with E-state index in [1.807, 2.05) is 42.5 Å². The second-order valence-electron chi connectivity index (χ2n) is 7.77. The lowest BCUT2D eigenvalue weighted by atomic mass is 10.0. The maximum atomic E-state index is 13.0.